The third-order valence-corrected chi connectivity index (χ3v) is 5.91. The standard InChI is InChI=1S/C12H10N4O3S.C9H14N4O3.Zn.H2/c17-8-1-2-13-7(3-8)6-20(19)12-15-9-4-11(18)14-5-10(9)16-12;10-2-1-8(14)13-7(9(15)16)3-6-4-11-5-12-6;;/h1-5H,6H2,(H,13,17)(H,14,18)(H,15,16);4-5,7-8,10,14H,1-3H2,(H,11,12)(H,15,16);;1H/q;-2;+2;/t;7?,8-;;/m.1../s1. The van der Waals surface area contributed by atoms with Crippen molar-refractivity contribution in [3.63, 3.8) is 0 Å². The zero-order valence-electron chi connectivity index (χ0n) is 19.5. The number of carboxylic acid groups (broad SMARTS) is 1. The number of hydrogen-bond acceptors (Lipinski definition) is 7. The first-order valence-electron chi connectivity index (χ1n) is 10.6. The molecule has 0 spiro atoms. The van der Waals surface area contributed by atoms with Gasteiger partial charge in [-0.25, -0.2) is 9.97 Å². The van der Waals surface area contributed by atoms with Crippen LogP contribution in [0.5, 0.6) is 0 Å². The third-order valence-electron chi connectivity index (χ3n) is 4.71. The number of aliphatic hydroxyl groups is 1. The number of fused-ring (bicyclic) bond motifs is 1. The maximum atomic E-state index is 12.2. The van der Waals surface area contributed by atoms with Crippen molar-refractivity contribution in [2.24, 2.45) is 0 Å². The quantitative estimate of drug-likeness (QED) is 0.147. The van der Waals surface area contributed by atoms with Crippen molar-refractivity contribution in [1.82, 2.24) is 29.9 Å². The summed E-state index contributed by atoms with van der Waals surface area (Å²) in [5.41, 5.74) is 8.75. The van der Waals surface area contributed by atoms with Crippen molar-refractivity contribution in [2.45, 2.75) is 36.0 Å². The van der Waals surface area contributed by atoms with E-state index in [2.05, 4.69) is 35.2 Å². The fourth-order valence-electron chi connectivity index (χ4n) is 3.02. The SMILES string of the molecule is O=c1cc[nH]c(CS(=O)c2nc3cc(=O)[nH]cc3[nH]2)c1.[HH].[NH-]CC[C@@H](O)[N-]C(Cc1cnc[nH]1)C(=O)O.[Zn+2]. The van der Waals surface area contributed by atoms with E-state index < -0.39 is 29.0 Å². The summed E-state index contributed by atoms with van der Waals surface area (Å²) < 4.78 is 12.2. The molecule has 2 unspecified atom stereocenters. The molecular formula is C21H26N8O6SZn. The van der Waals surface area contributed by atoms with Crippen LogP contribution in [0.2, 0.25) is 0 Å². The minimum absolute atomic E-state index is 0. The van der Waals surface area contributed by atoms with E-state index in [4.69, 9.17) is 10.8 Å². The van der Waals surface area contributed by atoms with Gasteiger partial charge in [0.05, 0.1) is 33.9 Å². The Bertz CT molecular complexity index is 1430. The van der Waals surface area contributed by atoms with E-state index >= 15 is 0 Å². The molecule has 37 heavy (non-hydrogen) atoms. The van der Waals surface area contributed by atoms with Crippen LogP contribution in [0.25, 0.3) is 22.1 Å². The number of carboxylic acids is 1. The van der Waals surface area contributed by atoms with Crippen LogP contribution in [0.1, 0.15) is 19.2 Å². The Morgan fingerprint density at radius 3 is 2.65 bits per heavy atom. The van der Waals surface area contributed by atoms with Gasteiger partial charge in [-0.2, -0.15) is 6.54 Å². The first-order valence-corrected chi connectivity index (χ1v) is 11.9. The molecule has 16 heteroatoms. The fraction of sp³-hybridized carbons (Fsp3) is 0.286. The fourth-order valence-corrected chi connectivity index (χ4v) is 4.03. The number of nitrogens with one attached hydrogen (secondary N) is 5. The predicted octanol–water partition coefficient (Wildman–Crippen LogP) is 1.03. The Morgan fingerprint density at radius 1 is 1.22 bits per heavy atom. The zero-order valence-corrected chi connectivity index (χ0v) is 23.3. The molecule has 194 valence electrons. The number of aliphatic carboxylic acids is 1. The number of nitrogens with zero attached hydrogens (tertiary/aromatic N) is 3. The van der Waals surface area contributed by atoms with Gasteiger partial charge < -0.3 is 41.2 Å². The number of imidazole rings is 2. The van der Waals surface area contributed by atoms with Crippen LogP contribution < -0.4 is 11.0 Å². The number of carbonyl (C=O) groups is 1. The second-order valence-electron chi connectivity index (χ2n) is 7.48. The number of rotatable bonds is 10. The summed E-state index contributed by atoms with van der Waals surface area (Å²) in [6, 6.07) is 3.10. The summed E-state index contributed by atoms with van der Waals surface area (Å²) in [4.78, 5) is 52.2. The molecule has 4 aromatic heterocycles. The van der Waals surface area contributed by atoms with E-state index in [1.54, 1.807) is 0 Å². The average Bonchev–Trinajstić information content (AvgIpc) is 3.49. The molecule has 4 rings (SSSR count). The maximum absolute atomic E-state index is 12.2. The molecule has 0 saturated carbocycles. The van der Waals surface area contributed by atoms with Gasteiger partial charge in [0.2, 0.25) is 5.56 Å². The summed E-state index contributed by atoms with van der Waals surface area (Å²) in [7, 11) is -1.43. The molecule has 0 bridgehead atoms. The molecule has 0 aromatic carbocycles. The van der Waals surface area contributed by atoms with Gasteiger partial charge in [0, 0.05) is 49.6 Å². The smallest absolute Gasteiger partial charge is 0.677 e. The number of aliphatic hydroxyl groups excluding tert-OH is 1. The number of aromatic nitrogens is 6. The van der Waals surface area contributed by atoms with E-state index in [0.717, 1.165) is 0 Å². The molecule has 0 fully saturated rings. The molecular weight excluding hydrogens is 558 g/mol. The first kappa shape index (κ1) is 29.9. The zero-order chi connectivity index (χ0) is 26.1. The van der Waals surface area contributed by atoms with Crippen LogP contribution in [-0.4, -0.2) is 69.1 Å². The normalized spacial score (nSPS) is 13.1. The summed E-state index contributed by atoms with van der Waals surface area (Å²) >= 11 is 0. The second kappa shape index (κ2) is 14.4. The Hall–Kier alpha value is -3.30. The Balaban J connectivity index is 0.000000370. The van der Waals surface area contributed by atoms with Gasteiger partial charge >= 0.3 is 19.5 Å². The van der Waals surface area contributed by atoms with Crippen molar-refractivity contribution >= 4 is 27.8 Å². The van der Waals surface area contributed by atoms with Crippen LogP contribution in [0.4, 0.5) is 0 Å². The number of hydrogen-bond donors (Lipinski definition) is 6. The molecule has 0 aliphatic rings. The van der Waals surface area contributed by atoms with E-state index in [-0.39, 0.29) is 62.2 Å². The van der Waals surface area contributed by atoms with Crippen LogP contribution in [0.3, 0.4) is 0 Å². The molecule has 4 aromatic rings. The van der Waals surface area contributed by atoms with Crippen LogP contribution in [0.15, 0.2) is 57.9 Å². The molecule has 0 amide bonds. The molecule has 7 N–H and O–H groups in total. The maximum Gasteiger partial charge on any atom is 2.00 e. The minimum atomic E-state index is -1.43. The number of aromatic amines is 4. The second-order valence-corrected chi connectivity index (χ2v) is 8.85. The van der Waals surface area contributed by atoms with Gasteiger partial charge in [0.1, 0.15) is 0 Å². The van der Waals surface area contributed by atoms with Crippen molar-refractivity contribution in [2.75, 3.05) is 6.54 Å². The summed E-state index contributed by atoms with van der Waals surface area (Å²) in [6.07, 6.45) is 5.16. The van der Waals surface area contributed by atoms with Gasteiger partial charge in [-0.15, -0.1) is 0 Å². The van der Waals surface area contributed by atoms with Gasteiger partial charge in [-0.3, -0.25) is 18.6 Å². The van der Waals surface area contributed by atoms with E-state index in [1.165, 1.54) is 43.1 Å². The number of pyridine rings is 2. The van der Waals surface area contributed by atoms with E-state index in [1.807, 2.05) is 0 Å². The third kappa shape index (κ3) is 9.26. The molecule has 0 saturated heterocycles. The van der Waals surface area contributed by atoms with Crippen molar-refractivity contribution in [3.05, 3.63) is 86.1 Å². The predicted molar refractivity (Wildman–Crippen MR) is 133 cm³/mol. The summed E-state index contributed by atoms with van der Waals surface area (Å²) in [5, 5.41) is 22.2. The Morgan fingerprint density at radius 2 is 2.00 bits per heavy atom. The van der Waals surface area contributed by atoms with Crippen molar-refractivity contribution in [3.8, 4) is 0 Å². The largest absolute Gasteiger partial charge is 2.00 e. The van der Waals surface area contributed by atoms with Gasteiger partial charge in [0.15, 0.2) is 10.6 Å². The van der Waals surface area contributed by atoms with Crippen LogP contribution in [-0.2, 0) is 47.2 Å². The van der Waals surface area contributed by atoms with E-state index in [0.29, 0.717) is 22.4 Å². The van der Waals surface area contributed by atoms with Gasteiger partial charge in [-0.1, -0.05) is 6.42 Å². The van der Waals surface area contributed by atoms with Gasteiger partial charge in [-0.05, 0) is 18.7 Å². The Kier molecular flexibility index (Phi) is 11.7. The average molecular weight is 584 g/mol. The molecule has 0 radical (unpaired) electrons. The summed E-state index contributed by atoms with van der Waals surface area (Å²) in [5.74, 6) is -0.956. The number of H-pyrrole nitrogens is 4. The topological polar surface area (TPSA) is 236 Å². The van der Waals surface area contributed by atoms with E-state index in [9.17, 15) is 23.7 Å². The molecule has 14 nitrogen and oxygen atoms in total. The first-order chi connectivity index (χ1) is 17.2. The molecule has 0 aliphatic heterocycles. The van der Waals surface area contributed by atoms with Crippen LogP contribution >= 0.6 is 0 Å². The van der Waals surface area contributed by atoms with Crippen molar-refractivity contribution in [1.29, 1.82) is 0 Å². The minimum Gasteiger partial charge on any atom is -0.677 e. The molecule has 3 atom stereocenters. The Labute approximate surface area is 226 Å². The van der Waals surface area contributed by atoms with Crippen molar-refractivity contribution < 1.29 is 40.1 Å². The van der Waals surface area contributed by atoms with Crippen LogP contribution in [0, 0.1) is 0 Å². The molecule has 4 heterocycles. The monoisotopic (exact) mass is 582 g/mol. The summed E-state index contributed by atoms with van der Waals surface area (Å²) in [6.45, 7) is 0.0149. The molecule has 0 aliphatic carbocycles. The van der Waals surface area contributed by atoms with Gasteiger partial charge in [0.25, 0.3) is 5.97 Å².